The number of halogens is 2. The number of fused-ring (bicyclic) bond motifs is 1. The van der Waals surface area contributed by atoms with Crippen molar-refractivity contribution < 1.29 is 23.9 Å². The highest BCUT2D eigenvalue weighted by Crippen LogP contribution is 2.60. The second-order valence-electron chi connectivity index (χ2n) is 9.41. The van der Waals surface area contributed by atoms with E-state index in [0.717, 1.165) is 23.2 Å². The Morgan fingerprint density at radius 3 is 2.23 bits per heavy atom. The lowest BCUT2D eigenvalue weighted by Gasteiger charge is -2.55. The van der Waals surface area contributed by atoms with Crippen molar-refractivity contribution in [3.63, 3.8) is 0 Å². The number of aliphatic hydroxyl groups is 1. The first-order chi connectivity index (χ1) is 14.6. The highest BCUT2D eigenvalue weighted by atomic mass is 35.5. The Labute approximate surface area is 191 Å². The maximum absolute atomic E-state index is 13.5. The van der Waals surface area contributed by atoms with Gasteiger partial charge in [0.25, 0.3) is 0 Å². The minimum atomic E-state index is -2.02. The average Bonchev–Trinajstić information content (AvgIpc) is 3.51. The van der Waals surface area contributed by atoms with E-state index in [1.165, 1.54) is 0 Å². The molecule has 0 bridgehead atoms. The van der Waals surface area contributed by atoms with E-state index in [0.29, 0.717) is 33.6 Å². The average molecular weight is 461 g/mol. The Balaban J connectivity index is 1.47. The molecule has 2 heterocycles. The fourth-order valence-electron chi connectivity index (χ4n) is 5.71. The first-order valence-corrected chi connectivity index (χ1v) is 11.1. The molecule has 0 aromatic heterocycles. The molecule has 1 saturated heterocycles. The summed E-state index contributed by atoms with van der Waals surface area (Å²) in [5.74, 6) is 0.280. The lowest BCUT2D eigenvalue weighted by molar-refractivity contribution is -0.973. The molecule has 3 aliphatic rings. The number of carbonyl (C=O) groups excluding carboxylic acids is 1. The molecule has 1 saturated carbocycles. The Kier molecular flexibility index (Phi) is 4.69. The van der Waals surface area contributed by atoms with E-state index < -0.39 is 11.6 Å². The van der Waals surface area contributed by atoms with Crippen molar-refractivity contribution in [1.29, 1.82) is 0 Å². The number of likely N-dealkylation sites (tertiary alicyclic amines) is 1. The van der Waals surface area contributed by atoms with Crippen LogP contribution in [0.2, 0.25) is 10.0 Å². The molecular formula is C24H24Cl2NO4+. The van der Waals surface area contributed by atoms with Crippen LogP contribution >= 0.6 is 23.2 Å². The minimum absolute atomic E-state index is 0.0708. The number of nitrogens with zero attached hydrogens (tertiary/aromatic N) is 1. The molecule has 5 rings (SSSR count). The van der Waals surface area contributed by atoms with Gasteiger partial charge in [-0.05, 0) is 24.3 Å². The Bertz CT molecular complexity index is 1050. The Morgan fingerprint density at radius 1 is 1.16 bits per heavy atom. The Morgan fingerprint density at radius 2 is 1.74 bits per heavy atom. The predicted octanol–water partition coefficient (Wildman–Crippen LogP) is 4.25. The molecule has 0 amide bonds. The summed E-state index contributed by atoms with van der Waals surface area (Å²) in [5, 5.41) is 12.6. The monoisotopic (exact) mass is 460 g/mol. The van der Waals surface area contributed by atoms with Gasteiger partial charge in [-0.15, -0.1) is 0 Å². The van der Waals surface area contributed by atoms with Crippen LogP contribution in [-0.4, -0.2) is 48.3 Å². The standard InChI is InChI=1S/C24H24Cl2NO4/c1-27(2)14-23(21-13-30-21)12-19(11-20(23)27)31-22(28)24(29,15-5-3-7-17(25)9-15)16-6-4-8-18(26)10-16/h3-10,13,19-20,29H,11-12,14H2,1-2H3/q+1/t19-,20?,23+/m0/s1. The van der Waals surface area contributed by atoms with Crippen molar-refractivity contribution in [2.24, 2.45) is 5.41 Å². The Hall–Kier alpha value is -2.05. The van der Waals surface area contributed by atoms with Gasteiger partial charge in [-0.1, -0.05) is 47.5 Å². The summed E-state index contributed by atoms with van der Waals surface area (Å²) in [5.41, 5.74) is -1.41. The van der Waals surface area contributed by atoms with Crippen LogP contribution < -0.4 is 0 Å². The van der Waals surface area contributed by atoms with Crippen molar-refractivity contribution in [2.75, 3.05) is 20.6 Å². The number of hydrogen-bond donors (Lipinski definition) is 1. The molecule has 1 N–H and O–H groups in total. The largest absolute Gasteiger partial charge is 0.461 e. The lowest BCUT2D eigenvalue weighted by atomic mass is 9.71. The number of esters is 1. The zero-order chi connectivity index (χ0) is 22.0. The number of hydrogen-bond acceptors (Lipinski definition) is 4. The van der Waals surface area contributed by atoms with E-state index in [1.54, 1.807) is 54.8 Å². The fraction of sp³-hybridized carbons (Fsp3) is 0.375. The first-order valence-electron chi connectivity index (χ1n) is 10.3. The van der Waals surface area contributed by atoms with E-state index in [-0.39, 0.29) is 11.5 Å². The van der Waals surface area contributed by atoms with Gasteiger partial charge >= 0.3 is 5.97 Å². The second-order valence-corrected chi connectivity index (χ2v) is 10.3. The van der Waals surface area contributed by atoms with Gasteiger partial charge < -0.3 is 19.1 Å². The van der Waals surface area contributed by atoms with Crippen molar-refractivity contribution >= 4 is 29.2 Å². The predicted molar refractivity (Wildman–Crippen MR) is 117 cm³/mol. The van der Waals surface area contributed by atoms with Crippen LogP contribution in [0.1, 0.15) is 24.0 Å². The number of benzene rings is 2. The third-order valence-electron chi connectivity index (χ3n) is 7.03. The minimum Gasteiger partial charge on any atom is -0.461 e. The molecule has 0 spiro atoms. The van der Waals surface area contributed by atoms with E-state index in [1.807, 2.05) is 0 Å². The molecule has 7 heteroatoms. The molecule has 5 nitrogen and oxygen atoms in total. The summed E-state index contributed by atoms with van der Waals surface area (Å²) in [6, 6.07) is 13.6. The summed E-state index contributed by atoms with van der Waals surface area (Å²) in [6.07, 6.45) is 2.90. The first kappa shape index (κ1) is 20.8. The molecule has 1 aliphatic carbocycles. The molecular weight excluding hydrogens is 437 g/mol. The van der Waals surface area contributed by atoms with Crippen molar-refractivity contribution in [3.05, 3.63) is 81.7 Å². The van der Waals surface area contributed by atoms with Gasteiger partial charge in [0.15, 0.2) is 5.76 Å². The van der Waals surface area contributed by atoms with Gasteiger partial charge in [0, 0.05) is 34.0 Å². The van der Waals surface area contributed by atoms with E-state index in [4.69, 9.17) is 32.7 Å². The zero-order valence-electron chi connectivity index (χ0n) is 17.3. The van der Waals surface area contributed by atoms with Gasteiger partial charge in [-0.25, -0.2) is 4.79 Å². The van der Waals surface area contributed by atoms with Crippen LogP contribution in [0.3, 0.4) is 0 Å². The van der Waals surface area contributed by atoms with Crippen molar-refractivity contribution in [2.45, 2.75) is 30.6 Å². The summed E-state index contributed by atoms with van der Waals surface area (Å²) < 4.78 is 12.3. The number of carbonyl (C=O) groups is 1. The molecule has 2 fully saturated rings. The third kappa shape index (κ3) is 3.26. The van der Waals surface area contributed by atoms with Crippen LogP contribution in [0.15, 0.2) is 60.6 Å². The topological polar surface area (TPSA) is 59.1 Å². The normalized spacial score (nSPS) is 28.1. The number of ether oxygens (including phenoxy) is 2. The highest BCUT2D eigenvalue weighted by molar-refractivity contribution is 6.31. The van der Waals surface area contributed by atoms with Crippen LogP contribution in [0.5, 0.6) is 0 Å². The van der Waals surface area contributed by atoms with Gasteiger partial charge in [-0.2, -0.15) is 0 Å². The second kappa shape index (κ2) is 6.97. The number of rotatable bonds is 5. The van der Waals surface area contributed by atoms with Gasteiger partial charge in [0.1, 0.15) is 23.8 Å². The molecule has 162 valence electrons. The molecule has 1 unspecified atom stereocenters. The van der Waals surface area contributed by atoms with Crippen molar-refractivity contribution in [3.8, 4) is 0 Å². The quantitative estimate of drug-likeness (QED) is 0.535. The van der Waals surface area contributed by atoms with Gasteiger partial charge in [0.05, 0.1) is 20.6 Å². The molecule has 2 aromatic carbocycles. The SMILES string of the molecule is C[N+]1(C)C[C@]2(C3=CO3)C[C@@H](OC(=O)C(O)(c3cccc(Cl)c3)c3cccc(Cl)c3)CC21. The maximum Gasteiger partial charge on any atom is 0.347 e. The van der Waals surface area contributed by atoms with Crippen LogP contribution in [0.25, 0.3) is 0 Å². The van der Waals surface area contributed by atoms with Gasteiger partial charge in [0.2, 0.25) is 5.60 Å². The third-order valence-corrected chi connectivity index (χ3v) is 7.50. The van der Waals surface area contributed by atoms with Gasteiger partial charge in [-0.3, -0.25) is 0 Å². The zero-order valence-corrected chi connectivity index (χ0v) is 18.9. The maximum atomic E-state index is 13.5. The van der Waals surface area contributed by atoms with Crippen LogP contribution in [0, 0.1) is 5.41 Å². The van der Waals surface area contributed by atoms with Crippen LogP contribution in [0.4, 0.5) is 0 Å². The summed E-state index contributed by atoms with van der Waals surface area (Å²) in [7, 11) is 4.37. The summed E-state index contributed by atoms with van der Waals surface area (Å²) >= 11 is 12.3. The molecule has 0 radical (unpaired) electrons. The van der Waals surface area contributed by atoms with E-state index in [2.05, 4.69) is 14.1 Å². The summed E-state index contributed by atoms with van der Waals surface area (Å²) in [4.78, 5) is 13.5. The highest BCUT2D eigenvalue weighted by Gasteiger charge is 2.71. The smallest absolute Gasteiger partial charge is 0.347 e. The number of quaternary nitrogens is 1. The van der Waals surface area contributed by atoms with E-state index >= 15 is 0 Å². The fourth-order valence-corrected chi connectivity index (χ4v) is 6.09. The van der Waals surface area contributed by atoms with E-state index in [9.17, 15) is 9.90 Å². The lowest BCUT2D eigenvalue weighted by Crippen LogP contribution is -2.70. The molecule has 3 atom stereocenters. The van der Waals surface area contributed by atoms with Crippen molar-refractivity contribution in [1.82, 2.24) is 0 Å². The summed E-state index contributed by atoms with van der Waals surface area (Å²) in [6.45, 7) is 0.949. The molecule has 31 heavy (non-hydrogen) atoms. The molecule has 2 aliphatic heterocycles. The molecule has 2 aromatic rings. The van der Waals surface area contributed by atoms with Crippen LogP contribution in [-0.2, 0) is 19.9 Å².